The maximum absolute atomic E-state index is 10.6. The first-order valence-electron chi connectivity index (χ1n) is 5.63. The van der Waals surface area contributed by atoms with Crippen LogP contribution in [0.5, 0.6) is 0 Å². The molecule has 0 heterocycles. The second-order valence-electron chi connectivity index (χ2n) is 4.09. The minimum Gasteiger partial charge on any atom is -0.372 e. The van der Waals surface area contributed by atoms with Crippen molar-refractivity contribution in [1.82, 2.24) is 0 Å². The monoisotopic (exact) mass is 261 g/mol. The molecule has 2 aromatic carbocycles. The SMILES string of the molecule is Cc1ccc(-c2cccc(NCS(=O)O)c2)cc1. The highest BCUT2D eigenvalue weighted by Gasteiger charge is 2.00. The zero-order chi connectivity index (χ0) is 13.0. The van der Waals surface area contributed by atoms with Crippen LogP contribution >= 0.6 is 0 Å². The van der Waals surface area contributed by atoms with Gasteiger partial charge in [0.25, 0.3) is 0 Å². The Hall–Kier alpha value is -1.65. The van der Waals surface area contributed by atoms with Crippen LogP contribution in [0.3, 0.4) is 0 Å². The van der Waals surface area contributed by atoms with Crippen molar-refractivity contribution in [2.24, 2.45) is 0 Å². The topological polar surface area (TPSA) is 49.3 Å². The zero-order valence-electron chi connectivity index (χ0n) is 10.1. The van der Waals surface area contributed by atoms with Crippen molar-refractivity contribution in [2.45, 2.75) is 6.92 Å². The second-order valence-corrected chi connectivity index (χ2v) is 5.02. The molecule has 18 heavy (non-hydrogen) atoms. The van der Waals surface area contributed by atoms with E-state index < -0.39 is 11.1 Å². The zero-order valence-corrected chi connectivity index (χ0v) is 10.9. The summed E-state index contributed by atoms with van der Waals surface area (Å²) in [6.07, 6.45) is 0. The van der Waals surface area contributed by atoms with Crippen LogP contribution in [0.2, 0.25) is 0 Å². The second kappa shape index (κ2) is 5.80. The molecule has 4 heteroatoms. The minimum atomic E-state index is -1.83. The van der Waals surface area contributed by atoms with Crippen LogP contribution in [0.1, 0.15) is 5.56 Å². The number of aryl methyl sites for hydroxylation is 1. The highest BCUT2D eigenvalue weighted by Crippen LogP contribution is 2.22. The van der Waals surface area contributed by atoms with E-state index in [1.165, 1.54) is 5.56 Å². The molecule has 2 aromatic rings. The van der Waals surface area contributed by atoms with E-state index >= 15 is 0 Å². The molecule has 1 atom stereocenters. The third kappa shape index (κ3) is 3.42. The lowest BCUT2D eigenvalue weighted by atomic mass is 10.0. The maximum Gasteiger partial charge on any atom is 0.172 e. The smallest absolute Gasteiger partial charge is 0.172 e. The van der Waals surface area contributed by atoms with Gasteiger partial charge in [-0.25, -0.2) is 4.21 Å². The summed E-state index contributed by atoms with van der Waals surface area (Å²) in [5, 5.41) is 2.92. The number of hydrogen-bond donors (Lipinski definition) is 2. The predicted molar refractivity (Wildman–Crippen MR) is 75.9 cm³/mol. The van der Waals surface area contributed by atoms with Gasteiger partial charge in [0, 0.05) is 5.69 Å². The first-order chi connectivity index (χ1) is 8.65. The van der Waals surface area contributed by atoms with Crippen molar-refractivity contribution in [3.63, 3.8) is 0 Å². The number of anilines is 1. The Balaban J connectivity index is 2.21. The standard InChI is InChI=1S/C14H15NO2S/c1-11-5-7-12(8-6-11)13-3-2-4-14(9-13)15-10-18(16)17/h2-9,15H,10H2,1H3,(H,16,17). The van der Waals surface area contributed by atoms with Crippen LogP contribution in [0.15, 0.2) is 48.5 Å². The molecule has 0 amide bonds. The molecule has 0 bridgehead atoms. The van der Waals surface area contributed by atoms with E-state index in [4.69, 9.17) is 4.55 Å². The molecule has 0 aromatic heterocycles. The van der Waals surface area contributed by atoms with Gasteiger partial charge in [-0.05, 0) is 30.2 Å². The minimum absolute atomic E-state index is 0.0390. The van der Waals surface area contributed by atoms with E-state index in [0.717, 1.165) is 16.8 Å². The van der Waals surface area contributed by atoms with Crippen molar-refractivity contribution < 1.29 is 8.76 Å². The van der Waals surface area contributed by atoms with E-state index in [1.54, 1.807) is 0 Å². The van der Waals surface area contributed by atoms with Gasteiger partial charge in [-0.1, -0.05) is 42.0 Å². The fraction of sp³-hybridized carbons (Fsp3) is 0.143. The first-order valence-corrected chi connectivity index (χ1v) is 6.91. The largest absolute Gasteiger partial charge is 0.372 e. The van der Waals surface area contributed by atoms with Gasteiger partial charge in [-0.2, -0.15) is 0 Å². The third-order valence-electron chi connectivity index (χ3n) is 2.65. The molecule has 0 spiro atoms. The Morgan fingerprint density at radius 1 is 1.11 bits per heavy atom. The molecular weight excluding hydrogens is 246 g/mol. The number of nitrogens with one attached hydrogen (secondary N) is 1. The van der Waals surface area contributed by atoms with Crippen molar-refractivity contribution in [2.75, 3.05) is 11.2 Å². The molecule has 0 saturated heterocycles. The van der Waals surface area contributed by atoms with Gasteiger partial charge in [0.15, 0.2) is 11.1 Å². The first kappa shape index (κ1) is 12.8. The van der Waals surface area contributed by atoms with Crippen LogP contribution in [0.25, 0.3) is 11.1 Å². The van der Waals surface area contributed by atoms with Gasteiger partial charge in [0.2, 0.25) is 0 Å². The maximum atomic E-state index is 10.6. The predicted octanol–water partition coefficient (Wildman–Crippen LogP) is 3.25. The summed E-state index contributed by atoms with van der Waals surface area (Å²) in [4.78, 5) is 0. The van der Waals surface area contributed by atoms with Crippen molar-refractivity contribution in [1.29, 1.82) is 0 Å². The average molecular weight is 261 g/mol. The molecular formula is C14H15NO2S. The summed E-state index contributed by atoms with van der Waals surface area (Å²) in [6, 6.07) is 16.1. The van der Waals surface area contributed by atoms with E-state index in [1.807, 2.05) is 24.3 Å². The highest BCUT2D eigenvalue weighted by atomic mass is 32.2. The Morgan fingerprint density at radius 3 is 2.50 bits per heavy atom. The van der Waals surface area contributed by atoms with Crippen molar-refractivity contribution in [3.8, 4) is 11.1 Å². The summed E-state index contributed by atoms with van der Waals surface area (Å²) in [5.41, 5.74) is 4.29. The van der Waals surface area contributed by atoms with Crippen LogP contribution in [-0.2, 0) is 11.1 Å². The van der Waals surface area contributed by atoms with Crippen LogP contribution in [0, 0.1) is 6.92 Å². The van der Waals surface area contributed by atoms with Gasteiger partial charge >= 0.3 is 0 Å². The van der Waals surface area contributed by atoms with Crippen LogP contribution in [0.4, 0.5) is 5.69 Å². The van der Waals surface area contributed by atoms with Crippen LogP contribution in [-0.4, -0.2) is 14.6 Å². The third-order valence-corrected chi connectivity index (χ3v) is 3.04. The summed E-state index contributed by atoms with van der Waals surface area (Å²) in [5.74, 6) is 0.0390. The Bertz CT molecular complexity index is 552. The fourth-order valence-electron chi connectivity index (χ4n) is 1.70. The lowest BCUT2D eigenvalue weighted by Gasteiger charge is -2.07. The Morgan fingerprint density at radius 2 is 1.83 bits per heavy atom. The van der Waals surface area contributed by atoms with Gasteiger partial charge < -0.3 is 9.87 Å². The summed E-state index contributed by atoms with van der Waals surface area (Å²) >= 11 is -1.83. The Labute approximate surface area is 109 Å². The molecule has 0 fully saturated rings. The molecule has 1 unspecified atom stereocenters. The van der Waals surface area contributed by atoms with Gasteiger partial charge in [0.1, 0.15) is 5.88 Å². The number of benzene rings is 2. The lowest BCUT2D eigenvalue weighted by Crippen LogP contribution is -2.06. The molecule has 2 rings (SSSR count). The lowest BCUT2D eigenvalue weighted by molar-refractivity contribution is 0.566. The molecule has 0 aliphatic heterocycles. The molecule has 0 aliphatic carbocycles. The van der Waals surface area contributed by atoms with E-state index in [0.29, 0.717) is 0 Å². The van der Waals surface area contributed by atoms with Crippen LogP contribution < -0.4 is 5.32 Å². The molecule has 2 N–H and O–H groups in total. The normalized spacial score (nSPS) is 12.1. The average Bonchev–Trinajstić information content (AvgIpc) is 2.37. The van der Waals surface area contributed by atoms with Gasteiger partial charge in [-0.3, -0.25) is 0 Å². The summed E-state index contributed by atoms with van der Waals surface area (Å²) in [7, 11) is 0. The molecule has 0 saturated carbocycles. The molecule has 0 radical (unpaired) electrons. The Kier molecular flexibility index (Phi) is 4.12. The number of rotatable bonds is 4. The quantitative estimate of drug-likeness (QED) is 0.831. The number of hydrogen-bond acceptors (Lipinski definition) is 2. The fourth-order valence-corrected chi connectivity index (χ4v) is 1.99. The molecule has 94 valence electrons. The van der Waals surface area contributed by atoms with Crippen molar-refractivity contribution >= 4 is 16.8 Å². The molecule has 0 aliphatic rings. The van der Waals surface area contributed by atoms with E-state index in [-0.39, 0.29) is 5.88 Å². The van der Waals surface area contributed by atoms with Gasteiger partial charge in [-0.15, -0.1) is 0 Å². The highest BCUT2D eigenvalue weighted by molar-refractivity contribution is 7.79. The summed E-state index contributed by atoms with van der Waals surface area (Å²) < 4.78 is 19.4. The van der Waals surface area contributed by atoms with Gasteiger partial charge in [0.05, 0.1) is 0 Å². The van der Waals surface area contributed by atoms with Crippen molar-refractivity contribution in [3.05, 3.63) is 54.1 Å². The summed E-state index contributed by atoms with van der Waals surface area (Å²) in [6.45, 7) is 2.05. The van der Waals surface area contributed by atoms with E-state index in [2.05, 4.69) is 36.5 Å². The van der Waals surface area contributed by atoms with E-state index in [9.17, 15) is 4.21 Å². The molecule has 3 nitrogen and oxygen atoms in total.